The third-order valence-corrected chi connectivity index (χ3v) is 3.12. The Balaban J connectivity index is 3.34. The molecule has 0 atom stereocenters. The van der Waals surface area contributed by atoms with Crippen molar-refractivity contribution in [2.75, 3.05) is 6.61 Å². The van der Waals surface area contributed by atoms with Crippen molar-refractivity contribution in [3.63, 3.8) is 0 Å². The molecule has 0 saturated heterocycles. The highest BCUT2D eigenvalue weighted by Gasteiger charge is 2.15. The number of hydrogen-bond donors (Lipinski definition) is 1. The number of hydrogen-bond acceptors (Lipinski definition) is 2. The highest BCUT2D eigenvalue weighted by molar-refractivity contribution is 6.36. The van der Waals surface area contributed by atoms with Crippen molar-refractivity contribution in [2.24, 2.45) is 0 Å². The molecule has 0 spiro atoms. The molecular formula is C15H18Cl2O3. The molecule has 0 aliphatic carbocycles. The third kappa shape index (κ3) is 4.73. The second-order valence-corrected chi connectivity index (χ2v) is 5.21. The minimum Gasteiger partial charge on any atom is -0.491 e. The Kier molecular flexibility index (Phi) is 6.89. The van der Waals surface area contributed by atoms with Gasteiger partial charge in [0.1, 0.15) is 5.75 Å². The Hall–Kier alpha value is -1.19. The van der Waals surface area contributed by atoms with Gasteiger partial charge < -0.3 is 9.84 Å². The number of halogens is 2. The lowest BCUT2D eigenvalue weighted by Crippen LogP contribution is -2.01. The molecular weight excluding hydrogens is 299 g/mol. The Morgan fingerprint density at radius 1 is 1.30 bits per heavy atom. The summed E-state index contributed by atoms with van der Waals surface area (Å²) in [5, 5.41) is 9.85. The van der Waals surface area contributed by atoms with Crippen LogP contribution in [0, 0.1) is 0 Å². The zero-order chi connectivity index (χ0) is 15.1. The fourth-order valence-corrected chi connectivity index (χ4v) is 2.40. The summed E-state index contributed by atoms with van der Waals surface area (Å²) in [6.45, 7) is 4.48. The van der Waals surface area contributed by atoms with Gasteiger partial charge in [0.05, 0.1) is 11.6 Å². The summed E-state index contributed by atoms with van der Waals surface area (Å²) in [6.07, 6.45) is 3.45. The molecule has 0 bridgehead atoms. The summed E-state index contributed by atoms with van der Waals surface area (Å²) >= 11 is 12.2. The van der Waals surface area contributed by atoms with Crippen LogP contribution in [0.3, 0.4) is 0 Å². The molecule has 0 amide bonds. The average Bonchev–Trinajstić information content (AvgIpc) is 2.36. The van der Waals surface area contributed by atoms with Gasteiger partial charge in [-0.25, -0.2) is 4.79 Å². The number of benzene rings is 1. The first-order valence-electron chi connectivity index (χ1n) is 6.55. The number of carbonyl (C=O) groups is 1. The van der Waals surface area contributed by atoms with Gasteiger partial charge in [-0.2, -0.15) is 0 Å². The van der Waals surface area contributed by atoms with Crippen molar-refractivity contribution in [2.45, 2.75) is 33.1 Å². The van der Waals surface area contributed by atoms with E-state index >= 15 is 0 Å². The van der Waals surface area contributed by atoms with Crippen LogP contribution in [0.2, 0.25) is 10.0 Å². The topological polar surface area (TPSA) is 46.5 Å². The molecule has 0 aromatic heterocycles. The Morgan fingerprint density at radius 2 is 2.00 bits per heavy atom. The highest BCUT2D eigenvalue weighted by atomic mass is 35.5. The van der Waals surface area contributed by atoms with E-state index in [0.717, 1.165) is 12.8 Å². The van der Waals surface area contributed by atoms with Crippen molar-refractivity contribution < 1.29 is 14.6 Å². The maximum Gasteiger partial charge on any atom is 0.328 e. The van der Waals surface area contributed by atoms with Gasteiger partial charge in [-0.3, -0.25) is 0 Å². The van der Waals surface area contributed by atoms with Gasteiger partial charge in [0.25, 0.3) is 0 Å². The number of rotatable bonds is 7. The molecule has 0 radical (unpaired) electrons. The smallest absolute Gasteiger partial charge is 0.328 e. The van der Waals surface area contributed by atoms with Gasteiger partial charge in [0.2, 0.25) is 0 Å². The second kappa shape index (κ2) is 8.18. The van der Waals surface area contributed by atoms with Crippen LogP contribution in [-0.4, -0.2) is 17.7 Å². The molecule has 1 aromatic carbocycles. The summed E-state index contributed by atoms with van der Waals surface area (Å²) in [7, 11) is 0. The predicted molar refractivity (Wildman–Crippen MR) is 82.8 cm³/mol. The normalized spacial score (nSPS) is 11.5. The minimum atomic E-state index is -0.994. The van der Waals surface area contributed by atoms with Crippen LogP contribution in [-0.2, 0) is 4.79 Å². The van der Waals surface area contributed by atoms with Crippen molar-refractivity contribution in [1.29, 1.82) is 0 Å². The van der Waals surface area contributed by atoms with Crippen LogP contribution in [0.1, 0.15) is 38.7 Å². The van der Waals surface area contributed by atoms with E-state index in [1.165, 1.54) is 6.08 Å². The number of carboxylic acid groups (broad SMARTS) is 1. The van der Waals surface area contributed by atoms with E-state index in [0.29, 0.717) is 40.0 Å². The lowest BCUT2D eigenvalue weighted by molar-refractivity contribution is -0.131. The molecule has 0 saturated carbocycles. The van der Waals surface area contributed by atoms with Gasteiger partial charge in [0.15, 0.2) is 0 Å². The van der Waals surface area contributed by atoms with Crippen LogP contribution in [0.4, 0.5) is 0 Å². The quantitative estimate of drug-likeness (QED) is 0.716. The highest BCUT2D eigenvalue weighted by Crippen LogP contribution is 2.38. The van der Waals surface area contributed by atoms with Gasteiger partial charge in [-0.05, 0) is 30.5 Å². The molecule has 3 nitrogen and oxygen atoms in total. The molecule has 0 aliphatic rings. The van der Waals surface area contributed by atoms with E-state index in [-0.39, 0.29) is 0 Å². The molecule has 1 aromatic rings. The fraction of sp³-hybridized carbons (Fsp3) is 0.400. The molecule has 110 valence electrons. The van der Waals surface area contributed by atoms with Crippen molar-refractivity contribution in [3.8, 4) is 5.75 Å². The standard InChI is InChI=1S/C15H18Cl2O3/c1-3-5-10(7-14(18)19)12-8-11(16)9-13(17)15(12)20-6-4-2/h7-9H,3-6H2,1-2H3,(H,18,19)/b10-7+. The van der Waals surface area contributed by atoms with Crippen LogP contribution >= 0.6 is 23.2 Å². The first-order chi connectivity index (χ1) is 9.49. The molecule has 0 aliphatic heterocycles. The molecule has 5 heteroatoms. The molecule has 1 rings (SSSR count). The number of aliphatic carboxylic acids is 1. The van der Waals surface area contributed by atoms with E-state index in [2.05, 4.69) is 0 Å². The largest absolute Gasteiger partial charge is 0.491 e. The SMILES string of the molecule is CCCOc1c(Cl)cc(Cl)cc1/C(=C/C(=O)O)CCC. The average molecular weight is 317 g/mol. The van der Waals surface area contributed by atoms with Crippen molar-refractivity contribution >= 4 is 34.7 Å². The number of allylic oxidation sites excluding steroid dienone is 1. The van der Waals surface area contributed by atoms with Crippen LogP contribution in [0.25, 0.3) is 5.57 Å². The van der Waals surface area contributed by atoms with E-state index in [1.807, 2.05) is 13.8 Å². The Bertz CT molecular complexity index is 510. The van der Waals surface area contributed by atoms with Gasteiger partial charge in [-0.15, -0.1) is 0 Å². The number of carboxylic acids is 1. The van der Waals surface area contributed by atoms with Crippen LogP contribution < -0.4 is 4.74 Å². The molecule has 20 heavy (non-hydrogen) atoms. The first kappa shape index (κ1) is 16.9. The summed E-state index contributed by atoms with van der Waals surface area (Å²) in [5.74, 6) is -0.496. The number of ether oxygens (including phenoxy) is 1. The van der Waals surface area contributed by atoms with Gasteiger partial charge >= 0.3 is 5.97 Å². The van der Waals surface area contributed by atoms with E-state index in [4.69, 9.17) is 33.0 Å². The zero-order valence-corrected chi connectivity index (χ0v) is 13.1. The maximum atomic E-state index is 11.0. The monoisotopic (exact) mass is 316 g/mol. The summed E-state index contributed by atoms with van der Waals surface area (Å²) < 4.78 is 5.66. The summed E-state index contributed by atoms with van der Waals surface area (Å²) in [6, 6.07) is 3.30. The third-order valence-electron chi connectivity index (χ3n) is 2.62. The molecule has 0 fully saturated rings. The van der Waals surface area contributed by atoms with Crippen LogP contribution in [0.5, 0.6) is 5.75 Å². The van der Waals surface area contributed by atoms with E-state index < -0.39 is 5.97 Å². The second-order valence-electron chi connectivity index (χ2n) is 4.37. The van der Waals surface area contributed by atoms with E-state index in [1.54, 1.807) is 12.1 Å². The molecule has 1 N–H and O–H groups in total. The lowest BCUT2D eigenvalue weighted by atomic mass is 10.00. The summed E-state index contributed by atoms with van der Waals surface area (Å²) in [4.78, 5) is 11.0. The van der Waals surface area contributed by atoms with Gasteiger partial charge in [-0.1, -0.05) is 43.5 Å². The van der Waals surface area contributed by atoms with Crippen molar-refractivity contribution in [1.82, 2.24) is 0 Å². The van der Waals surface area contributed by atoms with E-state index in [9.17, 15) is 4.79 Å². The lowest BCUT2D eigenvalue weighted by Gasteiger charge is -2.15. The van der Waals surface area contributed by atoms with Crippen molar-refractivity contribution in [3.05, 3.63) is 33.8 Å². The summed E-state index contributed by atoms with van der Waals surface area (Å²) in [5.41, 5.74) is 1.32. The maximum absolute atomic E-state index is 11.0. The fourth-order valence-electron chi connectivity index (χ4n) is 1.85. The molecule has 0 unspecified atom stereocenters. The Morgan fingerprint density at radius 3 is 2.55 bits per heavy atom. The minimum absolute atomic E-state index is 0.397. The Labute approximate surface area is 129 Å². The van der Waals surface area contributed by atoms with Gasteiger partial charge in [0, 0.05) is 16.7 Å². The molecule has 0 heterocycles. The zero-order valence-electron chi connectivity index (χ0n) is 11.6. The predicted octanol–water partition coefficient (Wildman–Crippen LogP) is 5.05. The first-order valence-corrected chi connectivity index (χ1v) is 7.30. The van der Waals surface area contributed by atoms with Crippen LogP contribution in [0.15, 0.2) is 18.2 Å².